The van der Waals surface area contributed by atoms with Crippen molar-refractivity contribution in [3.63, 3.8) is 0 Å². The predicted molar refractivity (Wildman–Crippen MR) is 58.0 cm³/mol. The summed E-state index contributed by atoms with van der Waals surface area (Å²) in [5.74, 6) is -0.312. The standard InChI is InChI=1S/C10H14N4O2/c1-6-9-8(13(3)12-6)5-11-14(9)7(2)10(15)16-4/h5,7H,1-4H3. The number of aryl methyl sites for hydroxylation is 2. The van der Waals surface area contributed by atoms with Crippen LogP contribution in [-0.2, 0) is 16.6 Å². The van der Waals surface area contributed by atoms with Crippen LogP contribution in [0, 0.1) is 6.92 Å². The Kier molecular flexibility index (Phi) is 2.41. The van der Waals surface area contributed by atoms with Crippen LogP contribution in [0.3, 0.4) is 0 Å². The first kappa shape index (κ1) is 10.7. The quantitative estimate of drug-likeness (QED) is 0.705. The summed E-state index contributed by atoms with van der Waals surface area (Å²) in [6.45, 7) is 3.65. The molecule has 0 saturated carbocycles. The van der Waals surface area contributed by atoms with Crippen LogP contribution in [0.2, 0.25) is 0 Å². The van der Waals surface area contributed by atoms with Crippen molar-refractivity contribution in [1.29, 1.82) is 0 Å². The van der Waals surface area contributed by atoms with Crippen LogP contribution in [0.15, 0.2) is 6.20 Å². The molecule has 0 bridgehead atoms. The van der Waals surface area contributed by atoms with E-state index in [4.69, 9.17) is 4.74 Å². The molecule has 0 N–H and O–H groups in total. The first-order chi connectivity index (χ1) is 7.56. The van der Waals surface area contributed by atoms with Gasteiger partial charge in [0.2, 0.25) is 0 Å². The highest BCUT2D eigenvalue weighted by molar-refractivity contribution is 5.81. The molecule has 0 aliphatic rings. The lowest BCUT2D eigenvalue weighted by atomic mass is 10.3. The molecule has 2 heterocycles. The summed E-state index contributed by atoms with van der Waals surface area (Å²) in [6.07, 6.45) is 1.70. The van der Waals surface area contributed by atoms with Gasteiger partial charge in [0.25, 0.3) is 0 Å². The lowest BCUT2D eigenvalue weighted by Gasteiger charge is -2.10. The molecule has 2 aromatic rings. The average molecular weight is 222 g/mol. The molecule has 0 spiro atoms. The molecule has 2 aromatic heterocycles. The summed E-state index contributed by atoms with van der Waals surface area (Å²) in [5, 5.41) is 8.48. The SMILES string of the molecule is COC(=O)C(C)n1ncc2c1c(C)nn2C. The van der Waals surface area contributed by atoms with Gasteiger partial charge in [0.15, 0.2) is 0 Å². The van der Waals surface area contributed by atoms with Crippen LogP contribution in [0.1, 0.15) is 18.7 Å². The van der Waals surface area contributed by atoms with Crippen molar-refractivity contribution in [2.45, 2.75) is 19.9 Å². The van der Waals surface area contributed by atoms with Gasteiger partial charge in [0.05, 0.1) is 19.0 Å². The van der Waals surface area contributed by atoms with Crippen LogP contribution in [0.25, 0.3) is 11.0 Å². The molecule has 0 aliphatic heterocycles. The molecule has 0 radical (unpaired) electrons. The number of carbonyl (C=O) groups excluding carboxylic acids is 1. The molecule has 0 amide bonds. The Bertz CT molecular complexity index is 540. The summed E-state index contributed by atoms with van der Waals surface area (Å²) in [5.41, 5.74) is 2.64. The van der Waals surface area contributed by atoms with E-state index in [1.807, 2.05) is 14.0 Å². The molecule has 0 saturated heterocycles. The smallest absolute Gasteiger partial charge is 0.330 e. The van der Waals surface area contributed by atoms with Gasteiger partial charge in [-0.1, -0.05) is 0 Å². The van der Waals surface area contributed by atoms with Crippen molar-refractivity contribution in [1.82, 2.24) is 19.6 Å². The van der Waals surface area contributed by atoms with E-state index in [1.54, 1.807) is 22.5 Å². The molecule has 2 rings (SSSR count). The Balaban J connectivity index is 2.57. The van der Waals surface area contributed by atoms with E-state index in [2.05, 4.69) is 10.2 Å². The Morgan fingerprint density at radius 3 is 2.88 bits per heavy atom. The third-order valence-electron chi connectivity index (χ3n) is 2.68. The monoisotopic (exact) mass is 222 g/mol. The molecule has 6 nitrogen and oxygen atoms in total. The van der Waals surface area contributed by atoms with Gasteiger partial charge < -0.3 is 4.74 Å². The highest BCUT2D eigenvalue weighted by Gasteiger charge is 2.21. The summed E-state index contributed by atoms with van der Waals surface area (Å²) >= 11 is 0. The lowest BCUT2D eigenvalue weighted by molar-refractivity contribution is -0.144. The maximum absolute atomic E-state index is 11.5. The second-order valence-corrected chi connectivity index (χ2v) is 3.73. The Morgan fingerprint density at radius 1 is 1.56 bits per heavy atom. The zero-order valence-electron chi connectivity index (χ0n) is 9.76. The minimum atomic E-state index is -0.439. The van der Waals surface area contributed by atoms with E-state index in [1.165, 1.54) is 7.11 Å². The lowest BCUT2D eigenvalue weighted by Crippen LogP contribution is -2.18. The minimum Gasteiger partial charge on any atom is -0.467 e. The fourth-order valence-electron chi connectivity index (χ4n) is 1.83. The zero-order valence-corrected chi connectivity index (χ0v) is 9.76. The molecule has 86 valence electrons. The van der Waals surface area contributed by atoms with E-state index < -0.39 is 6.04 Å². The third kappa shape index (κ3) is 1.37. The molecule has 0 aromatic carbocycles. The number of aromatic nitrogens is 4. The van der Waals surface area contributed by atoms with E-state index in [0.717, 1.165) is 16.7 Å². The van der Waals surface area contributed by atoms with E-state index in [-0.39, 0.29) is 5.97 Å². The van der Waals surface area contributed by atoms with Crippen molar-refractivity contribution in [3.8, 4) is 0 Å². The number of ether oxygens (including phenoxy) is 1. The van der Waals surface area contributed by atoms with Gasteiger partial charge in [0, 0.05) is 7.05 Å². The van der Waals surface area contributed by atoms with Crippen molar-refractivity contribution >= 4 is 17.0 Å². The molecule has 0 fully saturated rings. The Labute approximate surface area is 92.8 Å². The number of fused-ring (bicyclic) bond motifs is 1. The Hall–Kier alpha value is -1.85. The van der Waals surface area contributed by atoms with Crippen LogP contribution in [0.4, 0.5) is 0 Å². The number of rotatable bonds is 2. The number of esters is 1. The van der Waals surface area contributed by atoms with Crippen molar-refractivity contribution < 1.29 is 9.53 Å². The van der Waals surface area contributed by atoms with Crippen LogP contribution < -0.4 is 0 Å². The van der Waals surface area contributed by atoms with Gasteiger partial charge >= 0.3 is 5.97 Å². The summed E-state index contributed by atoms with van der Waals surface area (Å²) in [6, 6.07) is -0.439. The molecule has 1 unspecified atom stereocenters. The topological polar surface area (TPSA) is 61.9 Å². The number of hydrogen-bond donors (Lipinski definition) is 0. The molecule has 1 atom stereocenters. The molecular formula is C10H14N4O2. The predicted octanol–water partition coefficient (Wildman–Crippen LogP) is 0.812. The van der Waals surface area contributed by atoms with E-state index in [0.29, 0.717) is 0 Å². The fraction of sp³-hybridized carbons (Fsp3) is 0.500. The summed E-state index contributed by atoms with van der Waals surface area (Å²) < 4.78 is 8.09. The third-order valence-corrected chi connectivity index (χ3v) is 2.68. The van der Waals surface area contributed by atoms with Gasteiger partial charge in [-0.15, -0.1) is 0 Å². The first-order valence-corrected chi connectivity index (χ1v) is 5.01. The number of hydrogen-bond acceptors (Lipinski definition) is 4. The summed E-state index contributed by atoms with van der Waals surface area (Å²) in [4.78, 5) is 11.5. The van der Waals surface area contributed by atoms with Crippen LogP contribution >= 0.6 is 0 Å². The maximum Gasteiger partial charge on any atom is 0.330 e. The van der Waals surface area contributed by atoms with Crippen molar-refractivity contribution in [3.05, 3.63) is 11.9 Å². The van der Waals surface area contributed by atoms with Crippen molar-refractivity contribution in [2.24, 2.45) is 7.05 Å². The fourth-order valence-corrected chi connectivity index (χ4v) is 1.83. The molecule has 0 aliphatic carbocycles. The van der Waals surface area contributed by atoms with Gasteiger partial charge in [-0.25, -0.2) is 9.48 Å². The van der Waals surface area contributed by atoms with E-state index in [9.17, 15) is 4.79 Å². The van der Waals surface area contributed by atoms with Gasteiger partial charge in [-0.05, 0) is 13.8 Å². The first-order valence-electron chi connectivity index (χ1n) is 5.01. The van der Waals surface area contributed by atoms with Gasteiger partial charge in [0.1, 0.15) is 17.1 Å². The minimum absolute atomic E-state index is 0.312. The second-order valence-electron chi connectivity index (χ2n) is 3.73. The van der Waals surface area contributed by atoms with Crippen molar-refractivity contribution in [2.75, 3.05) is 7.11 Å². The van der Waals surface area contributed by atoms with Crippen LogP contribution in [0.5, 0.6) is 0 Å². The Morgan fingerprint density at radius 2 is 2.25 bits per heavy atom. The zero-order chi connectivity index (χ0) is 11.9. The highest BCUT2D eigenvalue weighted by atomic mass is 16.5. The number of methoxy groups -OCH3 is 1. The van der Waals surface area contributed by atoms with Crippen LogP contribution in [-0.4, -0.2) is 32.6 Å². The second kappa shape index (κ2) is 3.62. The maximum atomic E-state index is 11.5. The number of nitrogens with zero attached hydrogens (tertiary/aromatic N) is 4. The highest BCUT2D eigenvalue weighted by Crippen LogP contribution is 2.20. The van der Waals surface area contributed by atoms with E-state index >= 15 is 0 Å². The van der Waals surface area contributed by atoms with Gasteiger partial charge in [-0.3, -0.25) is 4.68 Å². The average Bonchev–Trinajstić information content (AvgIpc) is 2.80. The van der Waals surface area contributed by atoms with Gasteiger partial charge in [-0.2, -0.15) is 10.2 Å². The normalized spacial score (nSPS) is 13.0. The summed E-state index contributed by atoms with van der Waals surface area (Å²) in [7, 11) is 3.22. The number of carbonyl (C=O) groups is 1. The molecule has 16 heavy (non-hydrogen) atoms. The molecular weight excluding hydrogens is 208 g/mol. The molecule has 6 heteroatoms. The largest absolute Gasteiger partial charge is 0.467 e.